The number of hydrogen-bond donors (Lipinski definition) is 1. The lowest BCUT2D eigenvalue weighted by Gasteiger charge is -2.27. The fourth-order valence-corrected chi connectivity index (χ4v) is 5.58. The molecule has 0 fully saturated rings. The zero-order valence-electron chi connectivity index (χ0n) is 22.7. The molecule has 1 heterocycles. The van der Waals surface area contributed by atoms with Gasteiger partial charge in [0, 0.05) is 36.5 Å². The van der Waals surface area contributed by atoms with E-state index in [9.17, 15) is 19.2 Å². The number of amides is 3. The number of alkyl carbamates (subject to hydrolysis) is 1. The third-order valence-electron chi connectivity index (χ3n) is 7.54. The van der Waals surface area contributed by atoms with Gasteiger partial charge in [-0.15, -0.1) is 0 Å². The van der Waals surface area contributed by atoms with Gasteiger partial charge in [0.1, 0.15) is 12.6 Å². The second-order valence-corrected chi connectivity index (χ2v) is 10.3. The van der Waals surface area contributed by atoms with Gasteiger partial charge in [0.2, 0.25) is 0 Å². The van der Waals surface area contributed by atoms with Crippen molar-refractivity contribution in [1.82, 2.24) is 10.4 Å². The molecule has 6 rings (SSSR count). The Kier molecular flexibility index (Phi) is 6.42. The zero-order chi connectivity index (χ0) is 28.8. The van der Waals surface area contributed by atoms with E-state index in [0.717, 1.165) is 33.3 Å². The van der Waals surface area contributed by atoms with Crippen LogP contribution >= 0.6 is 0 Å². The van der Waals surface area contributed by atoms with Crippen LogP contribution in [-0.2, 0) is 14.4 Å². The van der Waals surface area contributed by atoms with Crippen LogP contribution in [0.25, 0.3) is 21.9 Å². The molecule has 206 valence electrons. The molecule has 0 radical (unpaired) electrons. The van der Waals surface area contributed by atoms with E-state index in [1.54, 1.807) is 24.3 Å². The Morgan fingerprint density at radius 2 is 1.41 bits per heavy atom. The summed E-state index contributed by atoms with van der Waals surface area (Å²) < 4.78 is 5.50. The third-order valence-corrected chi connectivity index (χ3v) is 7.54. The van der Waals surface area contributed by atoms with Crippen molar-refractivity contribution in [1.29, 1.82) is 0 Å². The van der Waals surface area contributed by atoms with Gasteiger partial charge < -0.3 is 19.8 Å². The van der Waals surface area contributed by atoms with Crippen LogP contribution in [0.3, 0.4) is 0 Å². The highest BCUT2D eigenvalue weighted by molar-refractivity contribution is 6.26. The van der Waals surface area contributed by atoms with E-state index in [1.165, 1.54) is 6.92 Å². The maximum Gasteiger partial charge on any atom is 0.407 e. The minimum Gasteiger partial charge on any atom is -0.449 e. The lowest BCUT2D eigenvalue weighted by Crippen LogP contribution is -2.47. The van der Waals surface area contributed by atoms with Gasteiger partial charge in [0.05, 0.1) is 11.1 Å². The summed E-state index contributed by atoms with van der Waals surface area (Å²) in [4.78, 5) is 59.1. The maximum absolute atomic E-state index is 13.2. The predicted octanol–water partition coefficient (Wildman–Crippen LogP) is 4.89. The summed E-state index contributed by atoms with van der Waals surface area (Å²) in [6.45, 7) is 1.46. The molecule has 4 aromatic rings. The molecule has 0 unspecified atom stereocenters. The van der Waals surface area contributed by atoms with Crippen molar-refractivity contribution in [3.05, 3.63) is 101 Å². The average Bonchev–Trinajstić information content (AvgIpc) is 3.30. The molecule has 0 aromatic heterocycles. The first-order chi connectivity index (χ1) is 19.8. The minimum absolute atomic E-state index is 0.0699. The Labute approximate surface area is 236 Å². The number of ether oxygens (including phenoxy) is 1. The van der Waals surface area contributed by atoms with Crippen molar-refractivity contribution < 1.29 is 28.8 Å². The lowest BCUT2D eigenvalue weighted by atomic mass is 9.94. The molecule has 1 N–H and O–H groups in total. The van der Waals surface area contributed by atoms with Gasteiger partial charge in [-0.1, -0.05) is 65.7 Å². The number of hydrogen-bond acceptors (Lipinski definition) is 7. The highest BCUT2D eigenvalue weighted by atomic mass is 16.7. The van der Waals surface area contributed by atoms with Crippen LogP contribution in [0.4, 0.5) is 10.5 Å². The van der Waals surface area contributed by atoms with Crippen molar-refractivity contribution in [2.24, 2.45) is 0 Å². The normalized spacial score (nSPS) is 14.4. The van der Waals surface area contributed by atoms with Gasteiger partial charge in [-0.2, -0.15) is 0 Å². The molecule has 2 aliphatic rings. The van der Waals surface area contributed by atoms with Crippen LogP contribution in [0.1, 0.15) is 44.7 Å². The summed E-state index contributed by atoms with van der Waals surface area (Å²) in [6.07, 6.45) is -0.820. The van der Waals surface area contributed by atoms with Crippen LogP contribution in [0.5, 0.6) is 0 Å². The summed E-state index contributed by atoms with van der Waals surface area (Å²) >= 11 is 0. The second kappa shape index (κ2) is 10.1. The first-order valence-corrected chi connectivity index (χ1v) is 13.2. The summed E-state index contributed by atoms with van der Waals surface area (Å²) in [5.74, 6) is -2.65. The van der Waals surface area contributed by atoms with E-state index in [0.29, 0.717) is 10.4 Å². The first kappa shape index (κ1) is 26.1. The van der Waals surface area contributed by atoms with Gasteiger partial charge in [0.15, 0.2) is 0 Å². The Morgan fingerprint density at radius 1 is 0.829 bits per heavy atom. The number of hydroxylamine groups is 2. The first-order valence-electron chi connectivity index (χ1n) is 13.2. The molecule has 41 heavy (non-hydrogen) atoms. The van der Waals surface area contributed by atoms with Crippen molar-refractivity contribution in [3.63, 3.8) is 0 Å². The highest BCUT2D eigenvalue weighted by Crippen LogP contribution is 2.44. The van der Waals surface area contributed by atoms with Crippen LogP contribution < -0.4 is 10.2 Å². The summed E-state index contributed by atoms with van der Waals surface area (Å²) in [7, 11) is 3.74. The molecular weight excluding hydrogens is 522 g/mol. The molecule has 9 heteroatoms. The van der Waals surface area contributed by atoms with Crippen LogP contribution in [0.15, 0.2) is 78.9 Å². The number of carbonyl (C=O) groups excluding carboxylic acids is 4. The van der Waals surface area contributed by atoms with Crippen molar-refractivity contribution in [2.75, 3.05) is 25.6 Å². The molecule has 1 aliphatic carbocycles. The topological polar surface area (TPSA) is 105 Å². The summed E-state index contributed by atoms with van der Waals surface area (Å²) in [6, 6.07) is 23.2. The molecular formula is C32H27N3O6. The number of nitrogens with one attached hydrogen (secondary N) is 1. The molecule has 3 amide bonds. The molecule has 1 atom stereocenters. The number of nitrogens with zero attached hydrogens (tertiary/aromatic N) is 2. The molecule has 4 aromatic carbocycles. The third kappa shape index (κ3) is 4.35. The molecule has 9 nitrogen and oxygen atoms in total. The zero-order valence-corrected chi connectivity index (χ0v) is 22.7. The van der Waals surface area contributed by atoms with E-state index >= 15 is 0 Å². The fraction of sp³-hybridized carbons (Fsp3) is 0.188. The number of rotatable bonds is 6. The standard InChI is InChI=1S/C32H27N3O6/c1-18(33-32(39)40-17-26-21-11-6-4-9-19(21)20-10-5-7-12-22(20)26)31(38)41-35-29(36)24-14-8-13-23-27(34(2)3)16-15-25(28(23)24)30(35)37/h4-16,18,26H,17H2,1-3H3,(H,33,39)/t18-/m0/s1. The van der Waals surface area contributed by atoms with Gasteiger partial charge >= 0.3 is 12.1 Å². The number of carbonyl (C=O) groups is 4. The van der Waals surface area contributed by atoms with E-state index in [-0.39, 0.29) is 23.7 Å². The smallest absolute Gasteiger partial charge is 0.407 e. The molecule has 0 spiro atoms. The van der Waals surface area contributed by atoms with Gasteiger partial charge in [-0.05, 0) is 47.4 Å². The van der Waals surface area contributed by atoms with Crippen LogP contribution in [0.2, 0.25) is 0 Å². The SMILES string of the molecule is C[C@H](NC(=O)OCC1c2ccccc2-c2ccccc21)C(=O)ON1C(=O)c2cccc3c(N(C)C)ccc(c23)C1=O. The van der Waals surface area contributed by atoms with Gasteiger partial charge in [-0.3, -0.25) is 9.59 Å². The average molecular weight is 550 g/mol. The quantitative estimate of drug-likeness (QED) is 0.342. The van der Waals surface area contributed by atoms with Gasteiger partial charge in [0.25, 0.3) is 11.8 Å². The molecule has 0 bridgehead atoms. The number of imide groups is 1. The lowest BCUT2D eigenvalue weighted by molar-refractivity contribution is -0.171. The second-order valence-electron chi connectivity index (χ2n) is 10.3. The Balaban J connectivity index is 1.12. The van der Waals surface area contributed by atoms with Crippen molar-refractivity contribution >= 4 is 40.3 Å². The Bertz CT molecular complexity index is 1680. The fourth-order valence-electron chi connectivity index (χ4n) is 5.58. The van der Waals surface area contributed by atoms with Crippen molar-refractivity contribution in [3.8, 4) is 11.1 Å². The van der Waals surface area contributed by atoms with E-state index in [2.05, 4.69) is 5.32 Å². The largest absolute Gasteiger partial charge is 0.449 e. The van der Waals surface area contributed by atoms with Crippen molar-refractivity contribution in [2.45, 2.75) is 18.9 Å². The van der Waals surface area contributed by atoms with Gasteiger partial charge in [-0.25, -0.2) is 9.59 Å². The van der Waals surface area contributed by atoms with E-state index in [4.69, 9.17) is 9.57 Å². The molecule has 1 aliphatic heterocycles. The van der Waals surface area contributed by atoms with Crippen LogP contribution in [0, 0.1) is 0 Å². The van der Waals surface area contributed by atoms with Crippen LogP contribution in [-0.4, -0.2) is 55.7 Å². The number of fused-ring (bicyclic) bond motifs is 3. The summed E-state index contributed by atoms with van der Waals surface area (Å²) in [5.41, 5.74) is 5.64. The van der Waals surface area contributed by atoms with E-state index in [1.807, 2.05) is 73.6 Å². The van der Waals surface area contributed by atoms with E-state index < -0.39 is 29.9 Å². The molecule has 0 saturated carbocycles. The Morgan fingerprint density at radius 3 is 2.05 bits per heavy atom. The minimum atomic E-state index is -1.19. The Hall–Kier alpha value is -5.18. The maximum atomic E-state index is 13.2. The number of anilines is 1. The molecule has 0 saturated heterocycles. The highest BCUT2D eigenvalue weighted by Gasteiger charge is 2.38. The summed E-state index contributed by atoms with van der Waals surface area (Å²) in [5, 5.41) is 4.13. The monoisotopic (exact) mass is 549 g/mol. The number of benzene rings is 4. The predicted molar refractivity (Wildman–Crippen MR) is 153 cm³/mol.